The monoisotopic (exact) mass is 248 g/mol. The Kier molecular flexibility index (Phi) is 3.33. The van der Waals surface area contributed by atoms with Crippen molar-refractivity contribution in [3.8, 4) is 16.2 Å². The highest BCUT2D eigenvalue weighted by Crippen LogP contribution is 2.32. The number of rotatable bonds is 3. The molecule has 1 aromatic carbocycles. The molecule has 0 atom stereocenters. The van der Waals surface area contributed by atoms with E-state index < -0.39 is 0 Å². The minimum Gasteiger partial charge on any atom is -0.491 e. The molecule has 0 bridgehead atoms. The van der Waals surface area contributed by atoms with Crippen LogP contribution in [0.15, 0.2) is 24.4 Å². The largest absolute Gasteiger partial charge is 0.491 e. The molecule has 1 aromatic heterocycles. The van der Waals surface area contributed by atoms with Gasteiger partial charge < -0.3 is 10.5 Å². The van der Waals surface area contributed by atoms with Gasteiger partial charge in [-0.15, -0.1) is 0 Å². The molecule has 4 heteroatoms. The fourth-order valence-electron chi connectivity index (χ4n) is 1.62. The van der Waals surface area contributed by atoms with Crippen molar-refractivity contribution < 1.29 is 4.74 Å². The summed E-state index contributed by atoms with van der Waals surface area (Å²) in [5.41, 5.74) is 8.00. The number of nitrogens with zero attached hydrogens (tertiary/aromatic N) is 1. The van der Waals surface area contributed by atoms with E-state index in [9.17, 15) is 0 Å². The number of anilines is 1. The Morgan fingerprint density at radius 1 is 1.35 bits per heavy atom. The maximum atomic E-state index is 5.69. The normalized spacial score (nSPS) is 10.8. The SMILES string of the molecule is Cc1ccc(OC(C)C)cc1-c1cnc(N)s1. The average molecular weight is 248 g/mol. The molecule has 17 heavy (non-hydrogen) atoms. The van der Waals surface area contributed by atoms with Gasteiger partial charge in [-0.05, 0) is 44.0 Å². The molecule has 0 radical (unpaired) electrons. The van der Waals surface area contributed by atoms with Gasteiger partial charge in [0.25, 0.3) is 0 Å². The molecule has 0 unspecified atom stereocenters. The highest BCUT2D eigenvalue weighted by atomic mass is 32.1. The van der Waals surface area contributed by atoms with Gasteiger partial charge in [0, 0.05) is 6.20 Å². The summed E-state index contributed by atoms with van der Waals surface area (Å²) in [5, 5.41) is 0.592. The number of nitrogens with two attached hydrogens (primary N) is 1. The van der Waals surface area contributed by atoms with E-state index in [1.807, 2.05) is 32.2 Å². The zero-order valence-electron chi connectivity index (χ0n) is 10.2. The number of benzene rings is 1. The second-order valence-electron chi connectivity index (χ2n) is 4.21. The molecule has 2 rings (SSSR count). The van der Waals surface area contributed by atoms with Crippen LogP contribution in [-0.2, 0) is 0 Å². The highest BCUT2D eigenvalue weighted by Gasteiger charge is 2.08. The molecule has 0 aliphatic carbocycles. The van der Waals surface area contributed by atoms with Gasteiger partial charge >= 0.3 is 0 Å². The lowest BCUT2D eigenvalue weighted by Crippen LogP contribution is -2.05. The number of hydrogen-bond donors (Lipinski definition) is 1. The molecule has 0 saturated heterocycles. The lowest BCUT2D eigenvalue weighted by Gasteiger charge is -2.11. The van der Waals surface area contributed by atoms with E-state index in [0.717, 1.165) is 16.2 Å². The van der Waals surface area contributed by atoms with Gasteiger partial charge in [-0.2, -0.15) is 0 Å². The average Bonchev–Trinajstić information content (AvgIpc) is 2.67. The second-order valence-corrected chi connectivity index (χ2v) is 5.27. The van der Waals surface area contributed by atoms with Gasteiger partial charge in [0.15, 0.2) is 5.13 Å². The Balaban J connectivity index is 2.39. The summed E-state index contributed by atoms with van der Waals surface area (Å²) in [6.45, 7) is 6.11. The van der Waals surface area contributed by atoms with Crippen LogP contribution in [-0.4, -0.2) is 11.1 Å². The fourth-order valence-corrected chi connectivity index (χ4v) is 2.39. The second kappa shape index (κ2) is 4.75. The molecule has 2 N–H and O–H groups in total. The van der Waals surface area contributed by atoms with Gasteiger partial charge in [-0.1, -0.05) is 17.4 Å². The molecular weight excluding hydrogens is 232 g/mol. The summed E-state index contributed by atoms with van der Waals surface area (Å²) in [6, 6.07) is 6.09. The third-order valence-corrected chi connectivity index (χ3v) is 3.23. The Morgan fingerprint density at radius 3 is 2.71 bits per heavy atom. The van der Waals surface area contributed by atoms with Crippen LogP contribution in [0.3, 0.4) is 0 Å². The molecule has 0 spiro atoms. The first-order valence-electron chi connectivity index (χ1n) is 5.55. The van der Waals surface area contributed by atoms with Gasteiger partial charge in [0.05, 0.1) is 11.0 Å². The predicted molar refractivity (Wildman–Crippen MR) is 72.5 cm³/mol. The van der Waals surface area contributed by atoms with Crippen LogP contribution in [0, 0.1) is 6.92 Å². The number of aryl methyl sites for hydroxylation is 1. The quantitative estimate of drug-likeness (QED) is 0.904. The van der Waals surface area contributed by atoms with Crippen LogP contribution >= 0.6 is 11.3 Å². The fraction of sp³-hybridized carbons (Fsp3) is 0.308. The van der Waals surface area contributed by atoms with Crippen LogP contribution in [0.25, 0.3) is 10.4 Å². The van der Waals surface area contributed by atoms with Crippen molar-refractivity contribution in [3.05, 3.63) is 30.0 Å². The predicted octanol–water partition coefficient (Wildman–Crippen LogP) is 3.49. The molecule has 3 nitrogen and oxygen atoms in total. The minimum atomic E-state index is 0.178. The molecule has 0 amide bonds. The first kappa shape index (κ1) is 11.9. The van der Waals surface area contributed by atoms with Crippen LogP contribution in [0.5, 0.6) is 5.75 Å². The number of thiazole rings is 1. The van der Waals surface area contributed by atoms with Crippen LogP contribution in [0.2, 0.25) is 0 Å². The lowest BCUT2D eigenvalue weighted by molar-refractivity contribution is 0.242. The highest BCUT2D eigenvalue weighted by molar-refractivity contribution is 7.18. The topological polar surface area (TPSA) is 48.1 Å². The zero-order valence-corrected chi connectivity index (χ0v) is 11.0. The molecular formula is C13H16N2OS. The molecule has 2 aromatic rings. The zero-order chi connectivity index (χ0) is 12.4. The molecule has 0 saturated carbocycles. The number of hydrogen-bond acceptors (Lipinski definition) is 4. The summed E-state index contributed by atoms with van der Waals surface area (Å²) in [4.78, 5) is 5.16. The van der Waals surface area contributed by atoms with E-state index in [4.69, 9.17) is 10.5 Å². The minimum absolute atomic E-state index is 0.178. The molecule has 0 aliphatic heterocycles. The van der Waals surface area contributed by atoms with Crippen molar-refractivity contribution in [1.82, 2.24) is 4.98 Å². The van der Waals surface area contributed by atoms with E-state index in [1.165, 1.54) is 16.9 Å². The van der Waals surface area contributed by atoms with Crippen molar-refractivity contribution in [2.75, 3.05) is 5.73 Å². The lowest BCUT2D eigenvalue weighted by atomic mass is 10.1. The number of ether oxygens (including phenoxy) is 1. The summed E-state index contributed by atoms with van der Waals surface area (Å²) in [6.07, 6.45) is 1.98. The Hall–Kier alpha value is -1.55. The van der Waals surface area contributed by atoms with Crippen LogP contribution < -0.4 is 10.5 Å². The van der Waals surface area contributed by atoms with Crippen LogP contribution in [0.4, 0.5) is 5.13 Å². The van der Waals surface area contributed by atoms with Gasteiger partial charge in [0.1, 0.15) is 5.75 Å². The third kappa shape index (κ3) is 2.77. The standard InChI is InChI=1S/C13H16N2OS/c1-8(2)16-10-5-4-9(3)11(6-10)12-7-15-13(14)17-12/h4-8H,1-3H3,(H2,14,15). The maximum Gasteiger partial charge on any atom is 0.180 e. The molecule has 90 valence electrons. The van der Waals surface area contributed by atoms with E-state index in [0.29, 0.717) is 5.13 Å². The Morgan fingerprint density at radius 2 is 2.12 bits per heavy atom. The van der Waals surface area contributed by atoms with E-state index in [-0.39, 0.29) is 6.10 Å². The third-order valence-electron chi connectivity index (χ3n) is 2.37. The smallest absolute Gasteiger partial charge is 0.180 e. The van der Waals surface area contributed by atoms with Gasteiger partial charge in [0.2, 0.25) is 0 Å². The number of nitrogen functional groups attached to an aromatic ring is 1. The van der Waals surface area contributed by atoms with Crippen molar-refractivity contribution in [1.29, 1.82) is 0 Å². The molecule has 0 aliphatic rings. The Bertz CT molecular complexity index is 520. The van der Waals surface area contributed by atoms with Crippen molar-refractivity contribution in [3.63, 3.8) is 0 Å². The van der Waals surface area contributed by atoms with Crippen molar-refractivity contribution in [2.24, 2.45) is 0 Å². The van der Waals surface area contributed by atoms with E-state index in [2.05, 4.69) is 18.0 Å². The summed E-state index contributed by atoms with van der Waals surface area (Å²) >= 11 is 1.49. The molecule has 1 heterocycles. The van der Waals surface area contributed by atoms with E-state index in [1.54, 1.807) is 0 Å². The van der Waals surface area contributed by atoms with Gasteiger partial charge in [-0.25, -0.2) is 4.98 Å². The van der Waals surface area contributed by atoms with Crippen molar-refractivity contribution in [2.45, 2.75) is 26.9 Å². The summed E-state index contributed by atoms with van der Waals surface area (Å²) < 4.78 is 5.69. The van der Waals surface area contributed by atoms with Crippen LogP contribution in [0.1, 0.15) is 19.4 Å². The Labute approximate surface area is 105 Å². The summed E-state index contributed by atoms with van der Waals surface area (Å²) in [5.74, 6) is 0.882. The van der Waals surface area contributed by atoms with E-state index >= 15 is 0 Å². The first-order chi connectivity index (χ1) is 8.06. The maximum absolute atomic E-state index is 5.69. The first-order valence-corrected chi connectivity index (χ1v) is 6.37. The molecule has 0 fully saturated rings. The van der Waals surface area contributed by atoms with Crippen molar-refractivity contribution >= 4 is 16.5 Å². The van der Waals surface area contributed by atoms with Gasteiger partial charge in [-0.3, -0.25) is 0 Å². The number of aromatic nitrogens is 1. The summed E-state index contributed by atoms with van der Waals surface area (Å²) in [7, 11) is 0.